The lowest BCUT2D eigenvalue weighted by Gasteiger charge is -1.93. The van der Waals surface area contributed by atoms with E-state index in [-0.39, 0.29) is 0 Å². The van der Waals surface area contributed by atoms with Crippen molar-refractivity contribution >= 4 is 5.91 Å². The van der Waals surface area contributed by atoms with Gasteiger partial charge in [-0.15, -0.1) is 0 Å². The van der Waals surface area contributed by atoms with Gasteiger partial charge in [0.1, 0.15) is 0 Å². The third-order valence-electron chi connectivity index (χ3n) is 0.988. The second kappa shape index (κ2) is 2.95. The Balaban J connectivity index is 2.59. The van der Waals surface area contributed by atoms with Crippen molar-refractivity contribution < 1.29 is 9.18 Å². The molecule has 0 atom stereocenters. The van der Waals surface area contributed by atoms with Crippen LogP contribution in [-0.2, 0) is 0 Å². The van der Waals surface area contributed by atoms with E-state index in [1.54, 1.807) is 0 Å². The second-order valence-electron chi connectivity index (χ2n) is 1.63. The molecule has 1 rings (SSSR count). The van der Waals surface area contributed by atoms with Gasteiger partial charge in [-0.1, -0.05) is 0 Å². The van der Waals surface area contributed by atoms with E-state index in [9.17, 15) is 9.18 Å². The lowest BCUT2D eigenvalue weighted by Crippen LogP contribution is -2.21. The van der Waals surface area contributed by atoms with Gasteiger partial charge in [0.2, 0.25) is 0 Å². The van der Waals surface area contributed by atoms with E-state index in [1.165, 1.54) is 12.4 Å². The quantitative estimate of drug-likeness (QED) is 0.575. The third kappa shape index (κ3) is 1.31. The monoisotopic (exact) mass is 143 g/mol. The zero-order chi connectivity index (χ0) is 7.40. The summed E-state index contributed by atoms with van der Waals surface area (Å²) in [6.07, 6.45) is 2.72. The molecule has 2 N–H and O–H groups in total. The topological polar surface area (TPSA) is 57.8 Å². The number of aromatic amines is 1. The number of H-pyrrole nitrogens is 1. The van der Waals surface area contributed by atoms with Gasteiger partial charge in [-0.25, -0.2) is 4.39 Å². The Bertz CT molecular complexity index is 209. The van der Waals surface area contributed by atoms with Gasteiger partial charge in [0, 0.05) is 6.20 Å². The van der Waals surface area contributed by atoms with Crippen LogP contribution in [0.3, 0.4) is 0 Å². The Morgan fingerprint density at radius 2 is 2.70 bits per heavy atom. The number of nitrogens with one attached hydrogen (secondary N) is 2. The lowest BCUT2D eigenvalue weighted by molar-refractivity contribution is 0.0937. The van der Waals surface area contributed by atoms with Crippen LogP contribution in [0.1, 0.15) is 10.4 Å². The van der Waals surface area contributed by atoms with Gasteiger partial charge in [-0.3, -0.25) is 9.89 Å². The number of rotatable bonds is 2. The summed E-state index contributed by atoms with van der Waals surface area (Å²) in [4.78, 5) is 10.7. The molecule has 1 aromatic heterocycles. The highest BCUT2D eigenvalue weighted by Gasteiger charge is 2.03. The largest absolute Gasteiger partial charge is 0.325 e. The molecule has 0 saturated carbocycles. The van der Waals surface area contributed by atoms with Crippen molar-refractivity contribution in [2.24, 2.45) is 0 Å². The van der Waals surface area contributed by atoms with Gasteiger partial charge in [0.15, 0.2) is 6.80 Å². The summed E-state index contributed by atoms with van der Waals surface area (Å²) >= 11 is 0. The van der Waals surface area contributed by atoms with E-state index in [1.807, 2.05) is 5.32 Å². The summed E-state index contributed by atoms with van der Waals surface area (Å²) < 4.78 is 11.5. The van der Waals surface area contributed by atoms with Crippen LogP contribution in [0.15, 0.2) is 12.4 Å². The first-order valence-corrected chi connectivity index (χ1v) is 2.67. The number of carbonyl (C=O) groups is 1. The van der Waals surface area contributed by atoms with Crippen molar-refractivity contribution in [3.05, 3.63) is 18.0 Å². The summed E-state index contributed by atoms with van der Waals surface area (Å²) in [5.41, 5.74) is 0.331. The Kier molecular flexibility index (Phi) is 1.99. The van der Waals surface area contributed by atoms with Gasteiger partial charge < -0.3 is 5.32 Å². The first-order chi connectivity index (χ1) is 4.84. The van der Waals surface area contributed by atoms with Gasteiger partial charge in [-0.2, -0.15) is 5.10 Å². The third-order valence-corrected chi connectivity index (χ3v) is 0.988. The summed E-state index contributed by atoms with van der Waals surface area (Å²) in [6.45, 7) is -0.857. The normalized spacial score (nSPS) is 9.30. The predicted molar refractivity (Wildman–Crippen MR) is 32.0 cm³/mol. The summed E-state index contributed by atoms with van der Waals surface area (Å²) in [7, 11) is 0. The van der Waals surface area contributed by atoms with Crippen LogP contribution >= 0.6 is 0 Å². The molecule has 0 fully saturated rings. The minimum absolute atomic E-state index is 0.331. The maximum atomic E-state index is 11.5. The number of carbonyl (C=O) groups excluding carboxylic acids is 1. The Labute approximate surface area is 56.4 Å². The van der Waals surface area contributed by atoms with Gasteiger partial charge in [0.05, 0.1) is 11.8 Å². The molecule has 1 heterocycles. The highest BCUT2D eigenvalue weighted by atomic mass is 19.1. The average Bonchev–Trinajstić information content (AvgIpc) is 2.38. The number of alkyl halides is 1. The lowest BCUT2D eigenvalue weighted by atomic mass is 10.3. The number of amides is 1. The molecular weight excluding hydrogens is 137 g/mol. The maximum absolute atomic E-state index is 11.5. The van der Waals surface area contributed by atoms with Gasteiger partial charge in [-0.05, 0) is 0 Å². The van der Waals surface area contributed by atoms with Crippen molar-refractivity contribution in [3.8, 4) is 0 Å². The number of aromatic nitrogens is 2. The van der Waals surface area contributed by atoms with Crippen LogP contribution in [0.4, 0.5) is 4.39 Å². The average molecular weight is 143 g/mol. The molecule has 0 aliphatic carbocycles. The number of halogens is 1. The molecule has 0 spiro atoms. The molecule has 0 aliphatic heterocycles. The van der Waals surface area contributed by atoms with Crippen molar-refractivity contribution in [2.75, 3.05) is 6.80 Å². The van der Waals surface area contributed by atoms with Crippen molar-refractivity contribution in [3.63, 3.8) is 0 Å². The summed E-state index contributed by atoms with van der Waals surface area (Å²) in [5, 5.41) is 7.94. The van der Waals surface area contributed by atoms with Crippen LogP contribution in [0.25, 0.3) is 0 Å². The number of hydrogen-bond donors (Lipinski definition) is 2. The van der Waals surface area contributed by atoms with Crippen LogP contribution in [0, 0.1) is 0 Å². The van der Waals surface area contributed by atoms with Gasteiger partial charge >= 0.3 is 0 Å². The SMILES string of the molecule is O=C(NCF)c1cn[nH]c1. The van der Waals surface area contributed by atoms with E-state index in [0.717, 1.165) is 0 Å². The minimum Gasteiger partial charge on any atom is -0.325 e. The number of nitrogens with zero attached hydrogens (tertiary/aromatic N) is 1. The van der Waals surface area contributed by atoms with E-state index in [2.05, 4.69) is 10.2 Å². The molecule has 0 saturated heterocycles. The molecule has 0 radical (unpaired) electrons. The summed E-state index contributed by atoms with van der Waals surface area (Å²) in [5.74, 6) is -0.462. The predicted octanol–water partition coefficient (Wildman–Crippen LogP) is 0.0665. The Morgan fingerprint density at radius 3 is 3.20 bits per heavy atom. The molecule has 1 aromatic rings. The molecule has 1 amide bonds. The van der Waals surface area contributed by atoms with E-state index in [0.29, 0.717) is 5.56 Å². The van der Waals surface area contributed by atoms with Crippen LogP contribution in [0.2, 0.25) is 0 Å². The van der Waals surface area contributed by atoms with E-state index >= 15 is 0 Å². The highest BCUT2D eigenvalue weighted by molar-refractivity contribution is 5.93. The second-order valence-corrected chi connectivity index (χ2v) is 1.63. The first-order valence-electron chi connectivity index (χ1n) is 2.67. The standard InChI is InChI=1S/C5H6FN3O/c6-3-7-5(10)4-1-8-9-2-4/h1-2H,3H2,(H,7,10)(H,8,9). The molecule has 5 heteroatoms. The fourth-order valence-corrected chi connectivity index (χ4v) is 0.538. The Hall–Kier alpha value is -1.39. The molecule has 10 heavy (non-hydrogen) atoms. The molecule has 0 aliphatic rings. The zero-order valence-corrected chi connectivity index (χ0v) is 5.10. The molecule has 0 aromatic carbocycles. The minimum atomic E-state index is -0.857. The molecule has 4 nitrogen and oxygen atoms in total. The highest BCUT2D eigenvalue weighted by Crippen LogP contribution is 1.91. The summed E-state index contributed by atoms with van der Waals surface area (Å²) in [6, 6.07) is 0. The van der Waals surface area contributed by atoms with Crippen LogP contribution in [-0.4, -0.2) is 22.9 Å². The van der Waals surface area contributed by atoms with E-state index in [4.69, 9.17) is 0 Å². The van der Waals surface area contributed by atoms with Gasteiger partial charge in [0.25, 0.3) is 5.91 Å². The fraction of sp³-hybridized carbons (Fsp3) is 0.200. The maximum Gasteiger partial charge on any atom is 0.256 e. The van der Waals surface area contributed by atoms with Crippen LogP contribution in [0.5, 0.6) is 0 Å². The molecule has 54 valence electrons. The molecule has 0 bridgehead atoms. The molecule has 0 unspecified atom stereocenters. The van der Waals surface area contributed by atoms with Crippen molar-refractivity contribution in [1.82, 2.24) is 15.5 Å². The van der Waals surface area contributed by atoms with Crippen molar-refractivity contribution in [1.29, 1.82) is 0 Å². The van der Waals surface area contributed by atoms with Crippen molar-refractivity contribution in [2.45, 2.75) is 0 Å². The smallest absolute Gasteiger partial charge is 0.256 e. The number of hydrogen-bond acceptors (Lipinski definition) is 2. The Morgan fingerprint density at radius 1 is 1.90 bits per heavy atom. The first kappa shape index (κ1) is 6.73. The van der Waals surface area contributed by atoms with E-state index < -0.39 is 12.7 Å². The fourth-order valence-electron chi connectivity index (χ4n) is 0.538. The zero-order valence-electron chi connectivity index (χ0n) is 5.10. The van der Waals surface area contributed by atoms with Crippen LogP contribution < -0.4 is 5.32 Å². The molecular formula is C5H6FN3O.